The minimum atomic E-state index is 0.0262. The highest BCUT2D eigenvalue weighted by molar-refractivity contribution is 6.29. The lowest BCUT2D eigenvalue weighted by atomic mass is 10.1. The molecular formula is C11H10ClN3O2. The summed E-state index contributed by atoms with van der Waals surface area (Å²) in [5.41, 5.74) is 6.72. The molecule has 0 bridgehead atoms. The van der Waals surface area contributed by atoms with Crippen LogP contribution in [0.1, 0.15) is 0 Å². The van der Waals surface area contributed by atoms with Gasteiger partial charge >= 0.3 is 0 Å². The number of nitrogens with two attached hydrogens (primary N) is 1. The molecule has 1 aromatic carbocycles. The molecule has 0 amide bonds. The van der Waals surface area contributed by atoms with E-state index in [0.717, 1.165) is 0 Å². The fourth-order valence-electron chi connectivity index (χ4n) is 1.43. The predicted octanol–water partition coefficient (Wildman–Crippen LogP) is 2.09. The van der Waals surface area contributed by atoms with Crippen LogP contribution in [-0.2, 0) is 0 Å². The molecule has 5 nitrogen and oxygen atoms in total. The Morgan fingerprint density at radius 2 is 2.06 bits per heavy atom. The second-order valence-electron chi connectivity index (χ2n) is 3.32. The lowest BCUT2D eigenvalue weighted by Gasteiger charge is -2.06. The highest BCUT2D eigenvalue weighted by atomic mass is 35.5. The Hall–Kier alpha value is -2.01. The minimum absolute atomic E-state index is 0.0262. The molecule has 0 unspecified atom stereocenters. The number of rotatable bonds is 2. The summed E-state index contributed by atoms with van der Waals surface area (Å²) in [6.45, 7) is 0. The van der Waals surface area contributed by atoms with Crippen LogP contribution in [0, 0.1) is 0 Å². The lowest BCUT2D eigenvalue weighted by molar-refractivity contribution is 0.373. The summed E-state index contributed by atoms with van der Waals surface area (Å²) in [6, 6.07) is 6.48. The van der Waals surface area contributed by atoms with Crippen LogP contribution >= 0.6 is 11.6 Å². The summed E-state index contributed by atoms with van der Waals surface area (Å²) >= 11 is 5.78. The largest absolute Gasteiger partial charge is 0.504 e. The summed E-state index contributed by atoms with van der Waals surface area (Å²) in [6.07, 6.45) is 0. The third-order valence-electron chi connectivity index (χ3n) is 2.19. The van der Waals surface area contributed by atoms with Gasteiger partial charge in [-0.25, -0.2) is 9.97 Å². The van der Waals surface area contributed by atoms with Gasteiger partial charge in [0.2, 0.25) is 5.95 Å². The Labute approximate surface area is 103 Å². The van der Waals surface area contributed by atoms with E-state index < -0.39 is 0 Å². The van der Waals surface area contributed by atoms with Crippen LogP contribution in [0.2, 0.25) is 5.15 Å². The molecule has 0 aliphatic rings. The second-order valence-corrected chi connectivity index (χ2v) is 3.71. The normalized spacial score (nSPS) is 10.2. The topological polar surface area (TPSA) is 81.3 Å². The molecule has 17 heavy (non-hydrogen) atoms. The summed E-state index contributed by atoms with van der Waals surface area (Å²) in [4.78, 5) is 7.79. The van der Waals surface area contributed by atoms with Crippen molar-refractivity contribution >= 4 is 17.5 Å². The number of phenolic OH excluding ortho intramolecular Hbond substituents is 1. The number of methoxy groups -OCH3 is 1. The standard InChI is InChI=1S/C11H10ClN3O2/c1-17-9-3-2-6(4-8(9)16)7-5-10(12)15-11(13)14-7/h2-5,16H,1H3,(H2,13,14,15). The zero-order chi connectivity index (χ0) is 12.4. The van der Waals surface area contributed by atoms with Crippen molar-refractivity contribution in [1.29, 1.82) is 0 Å². The van der Waals surface area contributed by atoms with Gasteiger partial charge in [-0.2, -0.15) is 0 Å². The van der Waals surface area contributed by atoms with Crippen molar-refractivity contribution in [2.75, 3.05) is 12.8 Å². The van der Waals surface area contributed by atoms with Gasteiger partial charge in [-0.3, -0.25) is 0 Å². The molecule has 2 aromatic rings. The molecule has 1 heterocycles. The molecule has 0 spiro atoms. The molecule has 0 saturated carbocycles. The molecule has 0 radical (unpaired) electrons. The van der Waals surface area contributed by atoms with E-state index in [2.05, 4.69) is 9.97 Å². The molecule has 3 N–H and O–H groups in total. The van der Waals surface area contributed by atoms with Gasteiger partial charge in [0, 0.05) is 11.6 Å². The molecule has 6 heteroatoms. The smallest absolute Gasteiger partial charge is 0.221 e. The van der Waals surface area contributed by atoms with Crippen LogP contribution in [-0.4, -0.2) is 22.2 Å². The van der Waals surface area contributed by atoms with E-state index in [0.29, 0.717) is 17.0 Å². The summed E-state index contributed by atoms with van der Waals surface area (Å²) in [5.74, 6) is 0.503. The third-order valence-corrected chi connectivity index (χ3v) is 2.38. The Balaban J connectivity index is 2.49. The van der Waals surface area contributed by atoms with Gasteiger partial charge in [-0.1, -0.05) is 11.6 Å². The fourth-order valence-corrected chi connectivity index (χ4v) is 1.62. The Morgan fingerprint density at radius 1 is 1.29 bits per heavy atom. The average molecular weight is 252 g/mol. The van der Waals surface area contributed by atoms with Crippen LogP contribution < -0.4 is 10.5 Å². The number of halogens is 1. The molecule has 0 fully saturated rings. The van der Waals surface area contributed by atoms with E-state index in [1.807, 2.05) is 0 Å². The van der Waals surface area contributed by atoms with Crippen molar-refractivity contribution in [3.05, 3.63) is 29.4 Å². The van der Waals surface area contributed by atoms with Crippen molar-refractivity contribution in [1.82, 2.24) is 9.97 Å². The van der Waals surface area contributed by atoms with Gasteiger partial charge < -0.3 is 15.6 Å². The van der Waals surface area contributed by atoms with Crippen LogP contribution in [0.15, 0.2) is 24.3 Å². The minimum Gasteiger partial charge on any atom is -0.504 e. The SMILES string of the molecule is COc1ccc(-c2cc(Cl)nc(N)n2)cc1O. The van der Waals surface area contributed by atoms with Gasteiger partial charge in [0.25, 0.3) is 0 Å². The summed E-state index contributed by atoms with van der Waals surface area (Å²) in [7, 11) is 1.48. The van der Waals surface area contributed by atoms with Crippen molar-refractivity contribution in [2.45, 2.75) is 0 Å². The van der Waals surface area contributed by atoms with Gasteiger partial charge in [-0.15, -0.1) is 0 Å². The first-order chi connectivity index (χ1) is 8.10. The highest BCUT2D eigenvalue weighted by Gasteiger charge is 2.07. The Morgan fingerprint density at radius 3 is 2.65 bits per heavy atom. The van der Waals surface area contributed by atoms with E-state index in [4.69, 9.17) is 22.1 Å². The van der Waals surface area contributed by atoms with Gasteiger partial charge in [0.05, 0.1) is 12.8 Å². The van der Waals surface area contributed by atoms with Gasteiger partial charge in [-0.05, 0) is 18.2 Å². The van der Waals surface area contributed by atoms with Gasteiger partial charge in [0.15, 0.2) is 11.5 Å². The van der Waals surface area contributed by atoms with Crippen LogP contribution in [0.5, 0.6) is 11.5 Å². The number of nitrogen functional groups attached to an aromatic ring is 1. The fraction of sp³-hybridized carbons (Fsp3) is 0.0909. The van der Waals surface area contributed by atoms with Crippen molar-refractivity contribution < 1.29 is 9.84 Å². The average Bonchev–Trinajstić information content (AvgIpc) is 2.27. The number of ether oxygens (including phenoxy) is 1. The lowest BCUT2D eigenvalue weighted by Crippen LogP contribution is -1.96. The number of aromatic nitrogens is 2. The predicted molar refractivity (Wildman–Crippen MR) is 65.1 cm³/mol. The zero-order valence-corrected chi connectivity index (χ0v) is 9.77. The number of benzene rings is 1. The number of anilines is 1. The van der Waals surface area contributed by atoms with E-state index in [9.17, 15) is 5.11 Å². The second kappa shape index (κ2) is 4.47. The molecule has 88 valence electrons. The van der Waals surface area contributed by atoms with Crippen molar-refractivity contribution in [2.24, 2.45) is 0 Å². The van der Waals surface area contributed by atoms with E-state index >= 15 is 0 Å². The summed E-state index contributed by atoms with van der Waals surface area (Å²) < 4.78 is 4.95. The molecule has 0 aliphatic carbocycles. The molecule has 2 rings (SSSR count). The first-order valence-electron chi connectivity index (χ1n) is 4.77. The maximum absolute atomic E-state index is 9.66. The quantitative estimate of drug-likeness (QED) is 0.799. The monoisotopic (exact) mass is 251 g/mol. The zero-order valence-electron chi connectivity index (χ0n) is 9.01. The van der Waals surface area contributed by atoms with Gasteiger partial charge in [0.1, 0.15) is 5.15 Å². The van der Waals surface area contributed by atoms with Crippen molar-refractivity contribution in [3.63, 3.8) is 0 Å². The number of nitrogens with zero attached hydrogens (tertiary/aromatic N) is 2. The molecule has 0 aliphatic heterocycles. The maximum atomic E-state index is 9.66. The number of aromatic hydroxyl groups is 1. The Bertz CT molecular complexity index is 540. The molecule has 1 aromatic heterocycles. The molecular weight excluding hydrogens is 242 g/mol. The molecule has 0 saturated heterocycles. The van der Waals surface area contributed by atoms with E-state index in [-0.39, 0.29) is 16.9 Å². The molecule has 0 atom stereocenters. The number of hydrogen-bond donors (Lipinski definition) is 2. The highest BCUT2D eigenvalue weighted by Crippen LogP contribution is 2.31. The third kappa shape index (κ3) is 2.39. The number of hydrogen-bond acceptors (Lipinski definition) is 5. The van der Waals surface area contributed by atoms with Crippen molar-refractivity contribution in [3.8, 4) is 22.8 Å². The van der Waals surface area contributed by atoms with Crippen LogP contribution in [0.4, 0.5) is 5.95 Å². The first-order valence-corrected chi connectivity index (χ1v) is 5.15. The maximum Gasteiger partial charge on any atom is 0.221 e. The van der Waals surface area contributed by atoms with E-state index in [1.54, 1.807) is 18.2 Å². The van der Waals surface area contributed by atoms with Crippen LogP contribution in [0.3, 0.4) is 0 Å². The number of phenols is 1. The Kier molecular flexibility index (Phi) is 3.01. The first kappa shape index (κ1) is 11.5. The van der Waals surface area contributed by atoms with E-state index in [1.165, 1.54) is 13.2 Å². The van der Waals surface area contributed by atoms with Crippen LogP contribution in [0.25, 0.3) is 11.3 Å². The summed E-state index contributed by atoms with van der Waals surface area (Å²) in [5, 5.41) is 9.91.